The highest BCUT2D eigenvalue weighted by Gasteiger charge is 2.50. The molecule has 0 spiro atoms. The van der Waals surface area contributed by atoms with Crippen molar-refractivity contribution in [3.63, 3.8) is 0 Å². The van der Waals surface area contributed by atoms with Crippen LogP contribution in [-0.2, 0) is 4.79 Å². The van der Waals surface area contributed by atoms with Crippen molar-refractivity contribution in [1.29, 1.82) is 0 Å². The van der Waals surface area contributed by atoms with Gasteiger partial charge in [0.25, 0.3) is 5.91 Å². The van der Waals surface area contributed by atoms with E-state index in [9.17, 15) is 19.1 Å². The highest BCUT2D eigenvalue weighted by molar-refractivity contribution is 5.94. The van der Waals surface area contributed by atoms with Crippen LogP contribution < -0.4 is 0 Å². The van der Waals surface area contributed by atoms with Crippen molar-refractivity contribution in [2.45, 2.75) is 45.1 Å². The average Bonchev–Trinajstić information content (AvgIpc) is 3.34. The van der Waals surface area contributed by atoms with E-state index in [0.717, 1.165) is 19.3 Å². The van der Waals surface area contributed by atoms with Gasteiger partial charge in [-0.1, -0.05) is 26.3 Å². The Morgan fingerprint density at radius 1 is 1.29 bits per heavy atom. The van der Waals surface area contributed by atoms with Crippen molar-refractivity contribution >= 4 is 11.9 Å². The molecule has 3 atom stereocenters. The van der Waals surface area contributed by atoms with Crippen molar-refractivity contribution in [1.82, 2.24) is 19.7 Å². The minimum absolute atomic E-state index is 0.00340. The van der Waals surface area contributed by atoms with E-state index in [1.54, 1.807) is 12.1 Å². The SMILES string of the molecule is CC(C)c1nc(C(=O)N2CC3CCCC3C2C(=O)O)nn1-c1cccc(F)c1. The highest BCUT2D eigenvalue weighted by atomic mass is 19.1. The molecule has 1 saturated carbocycles. The maximum Gasteiger partial charge on any atom is 0.326 e. The van der Waals surface area contributed by atoms with E-state index in [1.165, 1.54) is 21.7 Å². The third kappa shape index (κ3) is 3.06. The molecule has 148 valence electrons. The van der Waals surface area contributed by atoms with Crippen molar-refractivity contribution < 1.29 is 19.1 Å². The molecule has 3 unspecified atom stereocenters. The fourth-order valence-electron chi connectivity index (χ4n) is 4.55. The summed E-state index contributed by atoms with van der Waals surface area (Å²) in [5.41, 5.74) is 0.475. The molecule has 8 heteroatoms. The molecular weight excluding hydrogens is 363 g/mol. The third-order valence-corrected chi connectivity index (χ3v) is 5.80. The van der Waals surface area contributed by atoms with Crippen LogP contribution in [0.4, 0.5) is 4.39 Å². The van der Waals surface area contributed by atoms with E-state index in [2.05, 4.69) is 10.1 Å². The molecule has 1 aromatic heterocycles. The van der Waals surface area contributed by atoms with Crippen LogP contribution in [0.2, 0.25) is 0 Å². The third-order valence-electron chi connectivity index (χ3n) is 5.80. The normalized spacial score (nSPS) is 24.0. The van der Waals surface area contributed by atoms with Crippen LogP contribution in [0.3, 0.4) is 0 Å². The second kappa shape index (κ2) is 7.00. The lowest BCUT2D eigenvalue weighted by molar-refractivity contribution is -0.142. The monoisotopic (exact) mass is 386 g/mol. The van der Waals surface area contributed by atoms with Crippen molar-refractivity contribution in [2.24, 2.45) is 11.8 Å². The van der Waals surface area contributed by atoms with E-state index in [4.69, 9.17) is 0 Å². The molecule has 1 aliphatic carbocycles. The summed E-state index contributed by atoms with van der Waals surface area (Å²) in [6.45, 7) is 4.24. The van der Waals surface area contributed by atoms with E-state index in [1.807, 2.05) is 13.8 Å². The molecule has 28 heavy (non-hydrogen) atoms. The van der Waals surface area contributed by atoms with Gasteiger partial charge < -0.3 is 10.0 Å². The minimum atomic E-state index is -0.976. The van der Waals surface area contributed by atoms with Crippen LogP contribution in [-0.4, -0.2) is 49.2 Å². The van der Waals surface area contributed by atoms with Gasteiger partial charge in [-0.15, -0.1) is 5.10 Å². The molecule has 2 aromatic rings. The van der Waals surface area contributed by atoms with Crippen LogP contribution in [0.15, 0.2) is 24.3 Å². The summed E-state index contributed by atoms with van der Waals surface area (Å²) < 4.78 is 15.1. The lowest BCUT2D eigenvalue weighted by Gasteiger charge is -2.23. The number of fused-ring (bicyclic) bond motifs is 1. The van der Waals surface area contributed by atoms with Gasteiger partial charge in [-0.05, 0) is 42.9 Å². The number of benzene rings is 1. The Labute approximate surface area is 162 Å². The van der Waals surface area contributed by atoms with Gasteiger partial charge in [0.15, 0.2) is 0 Å². The number of rotatable bonds is 4. The summed E-state index contributed by atoms with van der Waals surface area (Å²) in [6.07, 6.45) is 2.78. The molecule has 1 amide bonds. The van der Waals surface area contributed by atoms with Crippen LogP contribution in [0, 0.1) is 17.7 Å². The number of amides is 1. The van der Waals surface area contributed by atoms with Gasteiger partial charge in [-0.3, -0.25) is 4.79 Å². The molecule has 1 aliphatic heterocycles. The van der Waals surface area contributed by atoms with Crippen molar-refractivity contribution in [3.05, 3.63) is 41.7 Å². The Bertz CT molecular complexity index is 926. The molecule has 2 aliphatic rings. The summed E-state index contributed by atoms with van der Waals surface area (Å²) in [7, 11) is 0. The predicted octanol–water partition coefficient (Wildman–Crippen LogP) is 2.86. The Morgan fingerprint density at radius 2 is 2.07 bits per heavy atom. The Kier molecular flexibility index (Phi) is 4.64. The number of likely N-dealkylation sites (tertiary alicyclic amines) is 1. The first-order valence-corrected chi connectivity index (χ1v) is 9.63. The number of carbonyl (C=O) groups is 2. The van der Waals surface area contributed by atoms with Gasteiger partial charge >= 0.3 is 5.97 Å². The Morgan fingerprint density at radius 3 is 2.75 bits per heavy atom. The zero-order valence-electron chi connectivity index (χ0n) is 15.9. The fraction of sp³-hybridized carbons (Fsp3) is 0.500. The van der Waals surface area contributed by atoms with Gasteiger partial charge in [-0.2, -0.15) is 0 Å². The molecule has 0 radical (unpaired) electrons. The summed E-state index contributed by atoms with van der Waals surface area (Å²) in [5.74, 6) is -1.20. The average molecular weight is 386 g/mol. The molecule has 4 rings (SSSR count). The van der Waals surface area contributed by atoms with Gasteiger partial charge in [0.05, 0.1) is 5.69 Å². The summed E-state index contributed by atoms with van der Waals surface area (Å²) in [4.78, 5) is 30.8. The van der Waals surface area contributed by atoms with Gasteiger partial charge in [0, 0.05) is 12.5 Å². The van der Waals surface area contributed by atoms with Crippen LogP contribution in [0.1, 0.15) is 55.5 Å². The molecule has 2 heterocycles. The van der Waals surface area contributed by atoms with Crippen LogP contribution >= 0.6 is 0 Å². The number of halogens is 1. The fourth-order valence-corrected chi connectivity index (χ4v) is 4.55. The Hall–Kier alpha value is -2.77. The predicted molar refractivity (Wildman–Crippen MR) is 98.7 cm³/mol. The number of carboxylic acids is 1. The smallest absolute Gasteiger partial charge is 0.326 e. The number of hydrogen-bond acceptors (Lipinski definition) is 4. The lowest BCUT2D eigenvalue weighted by Crippen LogP contribution is -2.43. The standard InChI is InChI=1S/C20H23FN4O3/c1-11(2)18-22-17(23-25(18)14-7-4-6-13(21)9-14)19(26)24-10-12-5-3-8-15(12)16(24)20(27)28/h4,6-7,9,11-12,15-16H,3,5,8,10H2,1-2H3,(H,27,28). The largest absolute Gasteiger partial charge is 0.480 e. The van der Waals surface area contributed by atoms with Gasteiger partial charge in [0.1, 0.15) is 17.7 Å². The second-order valence-corrected chi connectivity index (χ2v) is 7.94. The van der Waals surface area contributed by atoms with Gasteiger partial charge in [0.2, 0.25) is 5.82 Å². The molecule has 2 fully saturated rings. The highest BCUT2D eigenvalue weighted by Crippen LogP contribution is 2.42. The number of hydrogen-bond donors (Lipinski definition) is 1. The minimum Gasteiger partial charge on any atom is -0.480 e. The summed E-state index contributed by atoms with van der Waals surface area (Å²) >= 11 is 0. The van der Waals surface area contributed by atoms with Gasteiger partial charge in [-0.25, -0.2) is 18.9 Å². The molecule has 1 aromatic carbocycles. The van der Waals surface area contributed by atoms with E-state index in [-0.39, 0.29) is 23.6 Å². The topological polar surface area (TPSA) is 88.3 Å². The quantitative estimate of drug-likeness (QED) is 0.873. The maximum atomic E-state index is 13.7. The first-order valence-electron chi connectivity index (χ1n) is 9.63. The zero-order valence-corrected chi connectivity index (χ0v) is 15.9. The maximum absolute atomic E-state index is 13.7. The van der Waals surface area contributed by atoms with E-state index in [0.29, 0.717) is 18.1 Å². The zero-order chi connectivity index (χ0) is 20.0. The van der Waals surface area contributed by atoms with E-state index < -0.39 is 23.7 Å². The number of aromatic nitrogens is 3. The van der Waals surface area contributed by atoms with Crippen LogP contribution in [0.25, 0.3) is 5.69 Å². The summed E-state index contributed by atoms with van der Waals surface area (Å²) in [5, 5.41) is 14.0. The molecule has 1 saturated heterocycles. The van der Waals surface area contributed by atoms with Crippen LogP contribution in [0.5, 0.6) is 0 Å². The van der Waals surface area contributed by atoms with E-state index >= 15 is 0 Å². The molecule has 7 nitrogen and oxygen atoms in total. The molecular formula is C20H23FN4O3. The first-order chi connectivity index (χ1) is 13.4. The number of aliphatic carboxylic acids is 1. The van der Waals surface area contributed by atoms with Crippen molar-refractivity contribution in [3.8, 4) is 5.69 Å². The number of nitrogens with zero attached hydrogens (tertiary/aromatic N) is 4. The molecule has 0 bridgehead atoms. The first kappa shape index (κ1) is 18.6. The second-order valence-electron chi connectivity index (χ2n) is 7.94. The van der Waals surface area contributed by atoms with Crippen molar-refractivity contribution in [2.75, 3.05) is 6.54 Å². The number of carbonyl (C=O) groups excluding carboxylic acids is 1. The lowest BCUT2D eigenvalue weighted by atomic mass is 9.94. The molecule has 1 N–H and O–H groups in total. The number of carboxylic acid groups (broad SMARTS) is 1. The summed E-state index contributed by atoms with van der Waals surface area (Å²) in [6, 6.07) is 5.10. The Balaban J connectivity index is 1.70.